The predicted octanol–water partition coefficient (Wildman–Crippen LogP) is 2.34. The Balaban J connectivity index is 1.89. The molecule has 4 nitrogen and oxygen atoms in total. The van der Waals surface area contributed by atoms with E-state index >= 15 is 0 Å². The van der Waals surface area contributed by atoms with Crippen LogP contribution in [0.2, 0.25) is 0 Å². The Kier molecular flexibility index (Phi) is 4.12. The molecule has 1 heterocycles. The topological polar surface area (TPSA) is 41.1 Å². The van der Waals surface area contributed by atoms with Gasteiger partial charge in [0.2, 0.25) is 0 Å². The van der Waals surface area contributed by atoms with Crippen LogP contribution < -0.4 is 5.32 Å². The number of rotatable bonds is 6. The molecule has 16 heavy (non-hydrogen) atoms. The fourth-order valence-electron chi connectivity index (χ4n) is 1.88. The molecule has 1 fully saturated rings. The van der Waals surface area contributed by atoms with Crippen molar-refractivity contribution in [2.45, 2.75) is 45.2 Å². The summed E-state index contributed by atoms with van der Waals surface area (Å²) in [5.41, 5.74) is 1.10. The predicted molar refractivity (Wildman–Crippen MR) is 67.8 cm³/mol. The standard InChI is InChI=1S/C11H20N4S/c1-3-7-12-11-10(13-14-16-11)8-15(2)9-5-4-6-9/h9,12H,3-8H2,1-2H3. The van der Waals surface area contributed by atoms with Crippen molar-refractivity contribution in [1.82, 2.24) is 14.5 Å². The van der Waals surface area contributed by atoms with Gasteiger partial charge in [0.1, 0.15) is 10.7 Å². The molecule has 1 aliphatic rings. The third kappa shape index (κ3) is 2.71. The lowest BCUT2D eigenvalue weighted by Gasteiger charge is -2.34. The summed E-state index contributed by atoms with van der Waals surface area (Å²) in [5.74, 6) is 0. The minimum absolute atomic E-state index is 0.765. The van der Waals surface area contributed by atoms with Crippen molar-refractivity contribution < 1.29 is 0 Å². The van der Waals surface area contributed by atoms with Crippen LogP contribution in [0.15, 0.2) is 0 Å². The van der Waals surface area contributed by atoms with E-state index in [1.807, 2.05) is 0 Å². The molecule has 1 saturated carbocycles. The van der Waals surface area contributed by atoms with Gasteiger partial charge < -0.3 is 5.32 Å². The van der Waals surface area contributed by atoms with Gasteiger partial charge in [-0.2, -0.15) is 0 Å². The summed E-state index contributed by atoms with van der Waals surface area (Å²) in [7, 11) is 2.19. The highest BCUT2D eigenvalue weighted by atomic mass is 32.1. The third-order valence-corrected chi connectivity index (χ3v) is 3.91. The first-order valence-electron chi connectivity index (χ1n) is 6.06. The van der Waals surface area contributed by atoms with Crippen LogP contribution in [0.3, 0.4) is 0 Å². The molecule has 1 aromatic heterocycles. The molecule has 5 heteroatoms. The second-order valence-corrected chi connectivity index (χ2v) is 5.23. The van der Waals surface area contributed by atoms with Crippen molar-refractivity contribution >= 4 is 16.5 Å². The zero-order chi connectivity index (χ0) is 11.4. The van der Waals surface area contributed by atoms with Crippen LogP contribution in [0.4, 0.5) is 5.00 Å². The van der Waals surface area contributed by atoms with Crippen LogP contribution in [0.5, 0.6) is 0 Å². The zero-order valence-corrected chi connectivity index (χ0v) is 10.9. The van der Waals surface area contributed by atoms with Crippen LogP contribution in [0, 0.1) is 0 Å². The Labute approximate surface area is 101 Å². The highest BCUT2D eigenvalue weighted by molar-refractivity contribution is 7.10. The lowest BCUT2D eigenvalue weighted by atomic mass is 9.92. The summed E-state index contributed by atoms with van der Waals surface area (Å²) in [6, 6.07) is 0.765. The van der Waals surface area contributed by atoms with Crippen molar-refractivity contribution in [3.05, 3.63) is 5.69 Å². The maximum Gasteiger partial charge on any atom is 0.134 e. The molecule has 1 aromatic rings. The van der Waals surface area contributed by atoms with E-state index in [1.54, 1.807) is 0 Å². The average molecular weight is 240 g/mol. The molecule has 0 aliphatic heterocycles. The summed E-state index contributed by atoms with van der Waals surface area (Å²) >= 11 is 1.47. The lowest BCUT2D eigenvalue weighted by Crippen LogP contribution is -2.36. The number of nitrogens with one attached hydrogen (secondary N) is 1. The van der Waals surface area contributed by atoms with E-state index in [2.05, 4.69) is 33.8 Å². The first-order chi connectivity index (χ1) is 7.81. The normalized spacial score (nSPS) is 16.4. The van der Waals surface area contributed by atoms with E-state index in [-0.39, 0.29) is 0 Å². The van der Waals surface area contributed by atoms with Crippen LogP contribution in [-0.4, -0.2) is 34.1 Å². The Morgan fingerprint density at radius 1 is 1.50 bits per heavy atom. The molecule has 0 atom stereocenters. The fraction of sp³-hybridized carbons (Fsp3) is 0.818. The number of aromatic nitrogens is 2. The van der Waals surface area contributed by atoms with Gasteiger partial charge in [0.15, 0.2) is 0 Å². The van der Waals surface area contributed by atoms with E-state index < -0.39 is 0 Å². The summed E-state index contributed by atoms with van der Waals surface area (Å²) in [4.78, 5) is 2.40. The number of hydrogen-bond donors (Lipinski definition) is 1. The van der Waals surface area contributed by atoms with Gasteiger partial charge in [-0.15, -0.1) is 5.10 Å². The Hall–Kier alpha value is -0.680. The van der Waals surface area contributed by atoms with Gasteiger partial charge in [0.05, 0.1) is 0 Å². The molecule has 1 aliphatic carbocycles. The number of hydrogen-bond acceptors (Lipinski definition) is 5. The monoisotopic (exact) mass is 240 g/mol. The molecule has 0 radical (unpaired) electrons. The fourth-order valence-corrected chi connectivity index (χ4v) is 2.48. The minimum Gasteiger partial charge on any atom is -0.374 e. The summed E-state index contributed by atoms with van der Waals surface area (Å²) in [5, 5.41) is 8.75. The molecule has 0 aromatic carbocycles. The van der Waals surface area contributed by atoms with E-state index in [0.29, 0.717) is 0 Å². The molecule has 1 N–H and O–H groups in total. The van der Waals surface area contributed by atoms with Crippen LogP contribution >= 0.6 is 11.5 Å². The Bertz CT molecular complexity index is 322. The SMILES string of the molecule is CCCNc1snnc1CN(C)C1CCC1. The second-order valence-electron chi connectivity index (χ2n) is 4.48. The van der Waals surface area contributed by atoms with Crippen molar-refractivity contribution in [2.24, 2.45) is 0 Å². The van der Waals surface area contributed by atoms with Crippen molar-refractivity contribution in [3.63, 3.8) is 0 Å². The van der Waals surface area contributed by atoms with E-state index in [1.165, 1.54) is 30.8 Å². The first-order valence-corrected chi connectivity index (χ1v) is 6.84. The molecule has 0 saturated heterocycles. The number of anilines is 1. The first kappa shape index (κ1) is 11.8. The minimum atomic E-state index is 0.765. The van der Waals surface area contributed by atoms with E-state index in [9.17, 15) is 0 Å². The smallest absolute Gasteiger partial charge is 0.134 e. The van der Waals surface area contributed by atoms with Crippen molar-refractivity contribution in [2.75, 3.05) is 18.9 Å². The summed E-state index contributed by atoms with van der Waals surface area (Å²) in [6.45, 7) is 4.10. The Morgan fingerprint density at radius 3 is 2.94 bits per heavy atom. The molecule has 0 spiro atoms. The van der Waals surface area contributed by atoms with Gasteiger partial charge in [0, 0.05) is 30.7 Å². The highest BCUT2D eigenvalue weighted by Gasteiger charge is 2.23. The summed E-state index contributed by atoms with van der Waals surface area (Å²) in [6.07, 6.45) is 5.19. The molecule has 0 amide bonds. The molecule has 90 valence electrons. The van der Waals surface area contributed by atoms with Crippen LogP contribution in [0.25, 0.3) is 0 Å². The average Bonchev–Trinajstić information content (AvgIpc) is 2.59. The molecule has 0 bridgehead atoms. The van der Waals surface area contributed by atoms with Gasteiger partial charge in [-0.3, -0.25) is 4.90 Å². The number of nitrogens with zero attached hydrogens (tertiary/aromatic N) is 3. The zero-order valence-electron chi connectivity index (χ0n) is 10.1. The van der Waals surface area contributed by atoms with Crippen LogP contribution in [-0.2, 0) is 6.54 Å². The molecular weight excluding hydrogens is 220 g/mol. The van der Waals surface area contributed by atoms with Gasteiger partial charge in [-0.1, -0.05) is 17.8 Å². The van der Waals surface area contributed by atoms with E-state index in [4.69, 9.17) is 0 Å². The van der Waals surface area contributed by atoms with Gasteiger partial charge >= 0.3 is 0 Å². The molecule has 2 rings (SSSR count). The van der Waals surface area contributed by atoms with Gasteiger partial charge in [-0.05, 0) is 26.3 Å². The van der Waals surface area contributed by atoms with Gasteiger partial charge in [0.25, 0.3) is 0 Å². The van der Waals surface area contributed by atoms with Crippen LogP contribution in [0.1, 0.15) is 38.3 Å². The van der Waals surface area contributed by atoms with Gasteiger partial charge in [-0.25, -0.2) is 0 Å². The highest BCUT2D eigenvalue weighted by Crippen LogP contribution is 2.26. The Morgan fingerprint density at radius 2 is 2.31 bits per heavy atom. The maximum absolute atomic E-state index is 4.21. The van der Waals surface area contributed by atoms with E-state index in [0.717, 1.165) is 36.2 Å². The maximum atomic E-state index is 4.21. The third-order valence-electron chi connectivity index (χ3n) is 3.19. The molecular formula is C11H20N4S. The van der Waals surface area contributed by atoms with Crippen molar-refractivity contribution in [1.29, 1.82) is 0 Å². The van der Waals surface area contributed by atoms with Crippen molar-refractivity contribution in [3.8, 4) is 0 Å². The quantitative estimate of drug-likeness (QED) is 0.828. The molecule has 0 unspecified atom stereocenters. The summed E-state index contributed by atoms with van der Waals surface area (Å²) < 4.78 is 4.03. The lowest BCUT2D eigenvalue weighted by molar-refractivity contribution is 0.151. The largest absolute Gasteiger partial charge is 0.374 e. The second kappa shape index (κ2) is 5.59.